The predicted octanol–water partition coefficient (Wildman–Crippen LogP) is 0.729. The van der Waals surface area contributed by atoms with Crippen molar-refractivity contribution in [1.82, 2.24) is 15.5 Å². The van der Waals surface area contributed by atoms with Gasteiger partial charge in [0.15, 0.2) is 0 Å². The van der Waals surface area contributed by atoms with Crippen LogP contribution in [0.4, 0.5) is 0 Å². The second-order valence-electron chi connectivity index (χ2n) is 6.46. The number of nitrogens with one attached hydrogen (secondary N) is 2. The highest BCUT2D eigenvalue weighted by atomic mass is 16.2. The van der Waals surface area contributed by atoms with Crippen LogP contribution in [0, 0.1) is 5.41 Å². The van der Waals surface area contributed by atoms with E-state index >= 15 is 0 Å². The number of hydrogen-bond acceptors (Lipinski definition) is 3. The largest absolute Gasteiger partial charge is 0.351 e. The van der Waals surface area contributed by atoms with Gasteiger partial charge in [-0.2, -0.15) is 0 Å². The van der Waals surface area contributed by atoms with Gasteiger partial charge in [0.05, 0.1) is 5.41 Å². The number of piperidine rings is 1. The summed E-state index contributed by atoms with van der Waals surface area (Å²) in [6.45, 7) is 6.31. The zero-order valence-electron chi connectivity index (χ0n) is 11.4. The van der Waals surface area contributed by atoms with E-state index in [1.165, 1.54) is 32.4 Å². The lowest BCUT2D eigenvalue weighted by atomic mass is 9.88. The molecule has 4 nitrogen and oxygen atoms in total. The van der Waals surface area contributed by atoms with Crippen LogP contribution in [0.5, 0.6) is 0 Å². The van der Waals surface area contributed by atoms with Crippen molar-refractivity contribution in [2.75, 3.05) is 26.2 Å². The fraction of sp³-hybridized carbons (Fsp3) is 0.929. The first kappa shape index (κ1) is 12.4. The Hall–Kier alpha value is -0.610. The Morgan fingerprint density at radius 2 is 2.22 bits per heavy atom. The third kappa shape index (κ3) is 2.16. The van der Waals surface area contributed by atoms with Gasteiger partial charge < -0.3 is 10.6 Å². The third-order valence-corrected chi connectivity index (χ3v) is 5.09. The van der Waals surface area contributed by atoms with Crippen LogP contribution < -0.4 is 10.6 Å². The highest BCUT2D eigenvalue weighted by Crippen LogP contribution is 2.29. The number of carbonyl (C=O) groups is 1. The quantitative estimate of drug-likeness (QED) is 0.760. The normalized spacial score (nSPS) is 40.7. The Morgan fingerprint density at radius 3 is 3.00 bits per heavy atom. The van der Waals surface area contributed by atoms with Crippen LogP contribution in [0.3, 0.4) is 0 Å². The Balaban J connectivity index is 1.61. The lowest BCUT2D eigenvalue weighted by Crippen LogP contribution is -2.51. The van der Waals surface area contributed by atoms with Gasteiger partial charge in [-0.25, -0.2) is 0 Å². The first-order chi connectivity index (χ1) is 8.69. The standard InChI is InChI=1S/C14H25N3O/c1-14(6-7-15-10-14)13(18)16-11-5-9-17-8-3-2-4-12(11)17/h11-12,15H,2-10H2,1H3,(H,16,18). The van der Waals surface area contributed by atoms with Crippen molar-refractivity contribution >= 4 is 5.91 Å². The highest BCUT2D eigenvalue weighted by Gasteiger charge is 2.41. The number of nitrogens with zero attached hydrogens (tertiary/aromatic N) is 1. The van der Waals surface area contributed by atoms with E-state index in [2.05, 4.69) is 22.5 Å². The first-order valence-electron chi connectivity index (χ1n) is 7.45. The van der Waals surface area contributed by atoms with Crippen LogP contribution in [0.1, 0.15) is 39.0 Å². The van der Waals surface area contributed by atoms with E-state index in [4.69, 9.17) is 0 Å². The first-order valence-corrected chi connectivity index (χ1v) is 7.45. The molecule has 1 amide bonds. The maximum atomic E-state index is 12.4. The number of hydrogen-bond donors (Lipinski definition) is 2. The highest BCUT2D eigenvalue weighted by molar-refractivity contribution is 5.83. The van der Waals surface area contributed by atoms with Crippen LogP contribution in [0.15, 0.2) is 0 Å². The van der Waals surface area contributed by atoms with Crippen molar-refractivity contribution in [1.29, 1.82) is 0 Å². The van der Waals surface area contributed by atoms with Crippen molar-refractivity contribution in [3.63, 3.8) is 0 Å². The summed E-state index contributed by atoms with van der Waals surface area (Å²) >= 11 is 0. The second kappa shape index (κ2) is 4.82. The second-order valence-corrected chi connectivity index (χ2v) is 6.46. The Labute approximate surface area is 109 Å². The fourth-order valence-corrected chi connectivity index (χ4v) is 3.77. The van der Waals surface area contributed by atoms with E-state index in [1.54, 1.807) is 0 Å². The van der Waals surface area contributed by atoms with Gasteiger partial charge in [0.1, 0.15) is 0 Å². The number of rotatable bonds is 2. The molecule has 0 aromatic heterocycles. The van der Waals surface area contributed by atoms with Crippen LogP contribution in [0.25, 0.3) is 0 Å². The number of carbonyl (C=O) groups excluding carboxylic acids is 1. The third-order valence-electron chi connectivity index (χ3n) is 5.09. The molecule has 0 spiro atoms. The average molecular weight is 251 g/mol. The molecule has 102 valence electrons. The van der Waals surface area contributed by atoms with Crippen LogP contribution in [-0.4, -0.2) is 49.1 Å². The van der Waals surface area contributed by atoms with Crippen molar-refractivity contribution in [3.05, 3.63) is 0 Å². The summed E-state index contributed by atoms with van der Waals surface area (Å²) in [4.78, 5) is 15.0. The number of amides is 1. The molecular formula is C14H25N3O. The molecule has 18 heavy (non-hydrogen) atoms. The maximum absolute atomic E-state index is 12.4. The Bertz CT molecular complexity index is 325. The molecule has 3 fully saturated rings. The minimum atomic E-state index is -0.178. The Morgan fingerprint density at radius 1 is 1.33 bits per heavy atom. The van der Waals surface area contributed by atoms with E-state index in [-0.39, 0.29) is 11.3 Å². The van der Waals surface area contributed by atoms with Gasteiger partial charge in [-0.05, 0) is 45.7 Å². The van der Waals surface area contributed by atoms with E-state index in [9.17, 15) is 4.79 Å². The smallest absolute Gasteiger partial charge is 0.227 e. The summed E-state index contributed by atoms with van der Waals surface area (Å²) in [7, 11) is 0. The van der Waals surface area contributed by atoms with Crippen LogP contribution in [-0.2, 0) is 4.79 Å². The SMILES string of the molecule is CC1(C(=O)NC2CCN3CCCCC23)CCNC1. The molecule has 4 heteroatoms. The molecule has 0 radical (unpaired) electrons. The molecular weight excluding hydrogens is 226 g/mol. The lowest BCUT2D eigenvalue weighted by Gasteiger charge is -2.34. The molecule has 2 N–H and O–H groups in total. The van der Waals surface area contributed by atoms with Gasteiger partial charge in [0, 0.05) is 25.2 Å². The van der Waals surface area contributed by atoms with Crippen molar-refractivity contribution < 1.29 is 4.79 Å². The molecule has 3 saturated heterocycles. The van der Waals surface area contributed by atoms with Crippen molar-refractivity contribution in [2.24, 2.45) is 5.41 Å². The van der Waals surface area contributed by atoms with Gasteiger partial charge in [-0.1, -0.05) is 6.42 Å². The zero-order chi connectivity index (χ0) is 12.6. The van der Waals surface area contributed by atoms with E-state index in [1.807, 2.05) is 0 Å². The summed E-state index contributed by atoms with van der Waals surface area (Å²) in [6, 6.07) is 1.01. The van der Waals surface area contributed by atoms with Gasteiger partial charge in [-0.15, -0.1) is 0 Å². The maximum Gasteiger partial charge on any atom is 0.227 e. The minimum Gasteiger partial charge on any atom is -0.351 e. The summed E-state index contributed by atoms with van der Waals surface area (Å²) < 4.78 is 0. The summed E-state index contributed by atoms with van der Waals surface area (Å²) in [6.07, 6.45) is 6.03. The Kier molecular flexibility index (Phi) is 3.32. The van der Waals surface area contributed by atoms with Crippen molar-refractivity contribution in [3.8, 4) is 0 Å². The molecule has 3 aliphatic rings. The average Bonchev–Trinajstić information content (AvgIpc) is 2.98. The molecule has 3 rings (SSSR count). The molecule has 0 aliphatic carbocycles. The van der Waals surface area contributed by atoms with E-state index in [0.717, 1.165) is 25.9 Å². The topological polar surface area (TPSA) is 44.4 Å². The molecule has 0 aromatic carbocycles. The molecule has 0 saturated carbocycles. The molecule has 0 bridgehead atoms. The molecule has 0 aromatic rings. The minimum absolute atomic E-state index is 0.178. The van der Waals surface area contributed by atoms with Crippen LogP contribution >= 0.6 is 0 Å². The summed E-state index contributed by atoms with van der Waals surface area (Å²) in [5.74, 6) is 0.268. The van der Waals surface area contributed by atoms with Crippen LogP contribution in [0.2, 0.25) is 0 Å². The molecule has 3 aliphatic heterocycles. The monoisotopic (exact) mass is 251 g/mol. The zero-order valence-corrected chi connectivity index (χ0v) is 11.4. The van der Waals surface area contributed by atoms with E-state index < -0.39 is 0 Å². The molecule has 3 atom stereocenters. The fourth-order valence-electron chi connectivity index (χ4n) is 3.77. The van der Waals surface area contributed by atoms with E-state index in [0.29, 0.717) is 12.1 Å². The van der Waals surface area contributed by atoms with Gasteiger partial charge >= 0.3 is 0 Å². The van der Waals surface area contributed by atoms with Crippen molar-refractivity contribution in [2.45, 2.75) is 51.1 Å². The molecule has 3 unspecified atom stereocenters. The van der Waals surface area contributed by atoms with Gasteiger partial charge in [0.2, 0.25) is 5.91 Å². The summed E-state index contributed by atoms with van der Waals surface area (Å²) in [5, 5.41) is 6.64. The summed E-state index contributed by atoms with van der Waals surface area (Å²) in [5.41, 5.74) is -0.178. The van der Waals surface area contributed by atoms with Gasteiger partial charge in [0.25, 0.3) is 0 Å². The van der Waals surface area contributed by atoms with Gasteiger partial charge in [-0.3, -0.25) is 9.69 Å². The lowest BCUT2D eigenvalue weighted by molar-refractivity contribution is -0.130. The number of fused-ring (bicyclic) bond motifs is 1. The predicted molar refractivity (Wildman–Crippen MR) is 71.4 cm³/mol. The molecule has 3 heterocycles.